The SMILES string of the molecule is COC(=O)NCC(=O)N1CCC2(CC1)CN(CCc1ccccc1)C(=O)O2. The van der Waals surface area contributed by atoms with Crippen molar-refractivity contribution in [1.82, 2.24) is 15.1 Å². The number of ether oxygens (including phenoxy) is 2. The summed E-state index contributed by atoms with van der Waals surface area (Å²) in [5, 5.41) is 2.39. The van der Waals surface area contributed by atoms with Gasteiger partial charge in [0.05, 0.1) is 13.7 Å². The average Bonchev–Trinajstić information content (AvgIpc) is 3.00. The fraction of sp³-hybridized carbons (Fsp3) is 0.526. The zero-order valence-electron chi connectivity index (χ0n) is 15.5. The van der Waals surface area contributed by atoms with Crippen molar-refractivity contribution in [2.24, 2.45) is 0 Å². The van der Waals surface area contributed by atoms with Gasteiger partial charge in [0.25, 0.3) is 0 Å². The van der Waals surface area contributed by atoms with Crippen molar-refractivity contribution in [3.05, 3.63) is 35.9 Å². The van der Waals surface area contributed by atoms with Crippen molar-refractivity contribution >= 4 is 18.1 Å². The highest BCUT2D eigenvalue weighted by atomic mass is 16.6. The summed E-state index contributed by atoms with van der Waals surface area (Å²) < 4.78 is 10.2. The molecule has 2 saturated heterocycles. The number of hydrogen-bond donors (Lipinski definition) is 1. The minimum atomic E-state index is -0.629. The van der Waals surface area contributed by atoms with Gasteiger partial charge in [0.1, 0.15) is 12.1 Å². The summed E-state index contributed by atoms with van der Waals surface area (Å²) in [5.74, 6) is -0.166. The molecule has 3 amide bonds. The fourth-order valence-corrected chi connectivity index (χ4v) is 3.53. The number of likely N-dealkylation sites (tertiary alicyclic amines) is 1. The van der Waals surface area contributed by atoms with E-state index >= 15 is 0 Å². The summed E-state index contributed by atoms with van der Waals surface area (Å²) in [6.07, 6.45) is 1.08. The first-order chi connectivity index (χ1) is 13.0. The molecule has 146 valence electrons. The third kappa shape index (κ3) is 4.69. The minimum absolute atomic E-state index is 0.0946. The predicted molar refractivity (Wildman–Crippen MR) is 97.2 cm³/mol. The summed E-state index contributed by atoms with van der Waals surface area (Å²) in [4.78, 5) is 38.9. The van der Waals surface area contributed by atoms with Crippen LogP contribution in [0.15, 0.2) is 30.3 Å². The fourth-order valence-electron chi connectivity index (χ4n) is 3.53. The zero-order chi connectivity index (χ0) is 19.3. The van der Waals surface area contributed by atoms with E-state index in [0.717, 1.165) is 6.42 Å². The van der Waals surface area contributed by atoms with Crippen LogP contribution in [0.4, 0.5) is 9.59 Å². The molecule has 0 saturated carbocycles. The van der Waals surface area contributed by atoms with Gasteiger partial charge >= 0.3 is 12.2 Å². The van der Waals surface area contributed by atoms with Crippen molar-refractivity contribution in [2.75, 3.05) is 39.8 Å². The number of rotatable bonds is 5. The Bertz CT molecular complexity index is 686. The molecule has 1 N–H and O–H groups in total. The van der Waals surface area contributed by atoms with Gasteiger partial charge in [0, 0.05) is 32.5 Å². The Labute approximate surface area is 158 Å². The maximum Gasteiger partial charge on any atom is 0.410 e. The van der Waals surface area contributed by atoms with Crippen LogP contribution in [0.3, 0.4) is 0 Å². The molecule has 3 rings (SSSR count). The first kappa shape index (κ1) is 19.0. The summed E-state index contributed by atoms with van der Waals surface area (Å²) >= 11 is 0. The van der Waals surface area contributed by atoms with E-state index in [1.165, 1.54) is 12.7 Å². The molecule has 0 radical (unpaired) electrons. The Hall–Kier alpha value is -2.77. The van der Waals surface area contributed by atoms with E-state index in [1.54, 1.807) is 9.80 Å². The van der Waals surface area contributed by atoms with Gasteiger partial charge in [-0.05, 0) is 12.0 Å². The highest BCUT2D eigenvalue weighted by Crippen LogP contribution is 2.33. The number of hydrogen-bond acceptors (Lipinski definition) is 5. The van der Waals surface area contributed by atoms with Crippen LogP contribution in [0.2, 0.25) is 0 Å². The van der Waals surface area contributed by atoms with E-state index < -0.39 is 11.7 Å². The van der Waals surface area contributed by atoms with Crippen LogP contribution in [0.5, 0.6) is 0 Å². The largest absolute Gasteiger partial charge is 0.453 e. The summed E-state index contributed by atoms with van der Waals surface area (Å²) in [6.45, 7) is 2.09. The average molecular weight is 375 g/mol. The number of carbonyl (C=O) groups excluding carboxylic acids is 3. The molecular formula is C19H25N3O5. The summed E-state index contributed by atoms with van der Waals surface area (Å²) in [6, 6.07) is 10.0. The van der Waals surface area contributed by atoms with Gasteiger partial charge in [-0.2, -0.15) is 0 Å². The number of carbonyl (C=O) groups is 3. The quantitative estimate of drug-likeness (QED) is 0.840. The molecule has 0 aromatic heterocycles. The first-order valence-corrected chi connectivity index (χ1v) is 9.13. The molecule has 1 spiro atoms. The van der Waals surface area contributed by atoms with Crippen molar-refractivity contribution < 1.29 is 23.9 Å². The molecule has 1 aromatic rings. The zero-order valence-corrected chi connectivity index (χ0v) is 15.5. The molecule has 2 heterocycles. The second kappa shape index (κ2) is 8.28. The Morgan fingerprint density at radius 1 is 1.22 bits per heavy atom. The Balaban J connectivity index is 1.47. The number of alkyl carbamates (subject to hydrolysis) is 1. The lowest BCUT2D eigenvalue weighted by molar-refractivity contribution is -0.133. The molecule has 27 heavy (non-hydrogen) atoms. The van der Waals surface area contributed by atoms with Gasteiger partial charge in [-0.1, -0.05) is 30.3 Å². The lowest BCUT2D eigenvalue weighted by atomic mass is 9.91. The molecule has 2 aliphatic heterocycles. The number of benzene rings is 1. The number of amides is 3. The summed E-state index contributed by atoms with van der Waals surface area (Å²) in [5.41, 5.74) is 0.671. The second-order valence-electron chi connectivity index (χ2n) is 6.93. The van der Waals surface area contributed by atoms with Crippen LogP contribution in [0, 0.1) is 0 Å². The van der Waals surface area contributed by atoms with Crippen LogP contribution in [-0.4, -0.2) is 73.3 Å². The molecule has 2 aliphatic rings. The van der Waals surface area contributed by atoms with Gasteiger partial charge in [-0.3, -0.25) is 4.79 Å². The Kier molecular flexibility index (Phi) is 5.83. The maximum atomic E-state index is 12.3. The lowest BCUT2D eigenvalue weighted by Crippen LogP contribution is -2.50. The first-order valence-electron chi connectivity index (χ1n) is 9.13. The van der Waals surface area contributed by atoms with E-state index in [-0.39, 0.29) is 18.5 Å². The van der Waals surface area contributed by atoms with E-state index in [9.17, 15) is 14.4 Å². The van der Waals surface area contributed by atoms with Crippen molar-refractivity contribution in [2.45, 2.75) is 24.9 Å². The summed E-state index contributed by atoms with van der Waals surface area (Å²) in [7, 11) is 1.25. The van der Waals surface area contributed by atoms with Crippen molar-refractivity contribution in [3.63, 3.8) is 0 Å². The van der Waals surface area contributed by atoms with E-state index in [2.05, 4.69) is 10.1 Å². The van der Waals surface area contributed by atoms with Crippen LogP contribution in [0.1, 0.15) is 18.4 Å². The molecule has 0 aliphatic carbocycles. The number of nitrogens with zero attached hydrogens (tertiary/aromatic N) is 2. The van der Waals surface area contributed by atoms with Gasteiger partial charge in [-0.25, -0.2) is 9.59 Å². The van der Waals surface area contributed by atoms with Crippen LogP contribution < -0.4 is 5.32 Å². The molecule has 1 aromatic carbocycles. The second-order valence-corrected chi connectivity index (χ2v) is 6.93. The van der Waals surface area contributed by atoms with Crippen LogP contribution in [0.25, 0.3) is 0 Å². The highest BCUT2D eigenvalue weighted by Gasteiger charge is 2.47. The molecule has 8 heteroatoms. The molecule has 0 atom stereocenters. The highest BCUT2D eigenvalue weighted by molar-refractivity contribution is 5.82. The maximum absolute atomic E-state index is 12.3. The molecule has 0 unspecified atom stereocenters. The van der Waals surface area contributed by atoms with Crippen LogP contribution in [-0.2, 0) is 20.7 Å². The number of methoxy groups -OCH3 is 1. The lowest BCUT2D eigenvalue weighted by Gasteiger charge is -2.37. The predicted octanol–water partition coefficient (Wildman–Crippen LogP) is 1.40. The molecule has 2 fully saturated rings. The standard InChI is InChI=1S/C19H25N3O5/c1-26-17(24)20-13-16(23)21-11-8-19(9-12-21)14-22(18(25)27-19)10-7-15-5-3-2-4-6-15/h2-6H,7-14H2,1H3,(H,20,24). The van der Waals surface area contributed by atoms with Crippen molar-refractivity contribution in [3.8, 4) is 0 Å². The molecule has 0 bridgehead atoms. The third-order valence-electron chi connectivity index (χ3n) is 5.15. The van der Waals surface area contributed by atoms with Gasteiger partial charge in [0.2, 0.25) is 5.91 Å². The third-order valence-corrected chi connectivity index (χ3v) is 5.15. The monoisotopic (exact) mass is 375 g/mol. The Morgan fingerprint density at radius 3 is 2.59 bits per heavy atom. The minimum Gasteiger partial charge on any atom is -0.453 e. The van der Waals surface area contributed by atoms with E-state index in [4.69, 9.17) is 4.74 Å². The number of nitrogens with one attached hydrogen (secondary N) is 1. The van der Waals surface area contributed by atoms with Gasteiger partial charge in [-0.15, -0.1) is 0 Å². The van der Waals surface area contributed by atoms with Crippen LogP contribution >= 0.6 is 0 Å². The normalized spacial score (nSPS) is 18.3. The van der Waals surface area contributed by atoms with Crippen molar-refractivity contribution in [1.29, 1.82) is 0 Å². The number of piperidine rings is 1. The molecule has 8 nitrogen and oxygen atoms in total. The molecular weight excluding hydrogens is 350 g/mol. The smallest absolute Gasteiger partial charge is 0.410 e. The van der Waals surface area contributed by atoms with E-state index in [0.29, 0.717) is 39.0 Å². The van der Waals surface area contributed by atoms with Gasteiger partial charge in [0.15, 0.2) is 0 Å². The topological polar surface area (TPSA) is 88.2 Å². The van der Waals surface area contributed by atoms with Gasteiger partial charge < -0.3 is 24.6 Å². The Morgan fingerprint density at radius 2 is 1.93 bits per heavy atom. The van der Waals surface area contributed by atoms with E-state index in [1.807, 2.05) is 30.3 Å².